The van der Waals surface area contributed by atoms with E-state index in [2.05, 4.69) is 144 Å². The average molecular weight is 2000 g/mol. The third kappa shape index (κ3) is 30.3. The van der Waals surface area contributed by atoms with Gasteiger partial charge in [0.25, 0.3) is 17.7 Å². The van der Waals surface area contributed by atoms with Crippen molar-refractivity contribution in [3.8, 4) is 0 Å². The molecule has 4 atom stereocenters. The van der Waals surface area contributed by atoms with E-state index < -0.39 is 24.2 Å². The Morgan fingerprint density at radius 3 is 0.854 bits per heavy atom. The normalized spacial score (nSPS) is 15.2. The number of rotatable bonds is 34. The number of nitrogens with zero attached hydrogens (tertiary/aromatic N) is 12. The van der Waals surface area contributed by atoms with Crippen LogP contribution in [0.3, 0.4) is 0 Å². The van der Waals surface area contributed by atoms with Crippen LogP contribution in [0, 0.1) is 23.7 Å². The fourth-order valence-electron chi connectivity index (χ4n) is 16.7. The maximum atomic E-state index is 13.7. The van der Waals surface area contributed by atoms with E-state index in [4.69, 9.17) is 122 Å². The van der Waals surface area contributed by atoms with Gasteiger partial charge in [-0.05, 0) is 187 Å². The first-order valence-electron chi connectivity index (χ1n) is 46.7. The highest BCUT2D eigenvalue weighted by Crippen LogP contribution is 2.37. The van der Waals surface area contributed by atoms with Crippen LogP contribution in [0.1, 0.15) is 145 Å². The second kappa shape index (κ2) is 52.4. The topological polar surface area (TPSA) is 291 Å². The number of fused-ring (bicyclic) bond motifs is 3. The summed E-state index contributed by atoms with van der Waals surface area (Å²) in [6.45, 7) is 34.4. The van der Waals surface area contributed by atoms with Crippen LogP contribution in [-0.2, 0) is 53.3 Å². The van der Waals surface area contributed by atoms with E-state index in [9.17, 15) is 19.2 Å². The number of halogens is 7. The molecule has 0 spiro atoms. The average Bonchev–Trinajstić information content (AvgIpc) is 0.796. The molecule has 3 fully saturated rings. The van der Waals surface area contributed by atoms with Crippen molar-refractivity contribution in [1.82, 2.24) is 81.1 Å². The highest BCUT2D eigenvalue weighted by atomic mass is 35.5. The smallest absolute Gasteiger partial charge is 0.266 e. The van der Waals surface area contributed by atoms with Crippen LogP contribution in [0.4, 0.5) is 11.6 Å². The van der Waals surface area contributed by atoms with E-state index in [1.807, 2.05) is 208 Å². The quantitative estimate of drug-likeness (QED) is 0.0146. The standard InChI is InChI=1S/C38H47Cl2N7O3.C33H38Cl2N6O2.C26H23Cl3N4.C7H16N2O2/c1-6-50-45-38(49)34(25(4)5)44-37(48)33(24(2)3)43-36-30-9-7-8-10-31(30)41-32(42-36)23-46-19-21-47(22-20-46)35(26-11-15-28(39)16-12-26)27-13-17-29(40)18-14-27;1-4-43-39-33(42)30(22(2)3)38-32-27-7-5-6-8-28(27)36-29(37-32)21-40-17-19-41(20-18-40)31(23-9-13-25(34)14-10-23)24-11-15-26(35)16-12-24;27-20-9-5-18(6-10-20)25(19-7-11-21(28)12-8-19)33-15-13-32(14-16-33)17-24-30-23-4-2-1-3-22(23)26(29)31-24;1-4-11-9-7(10)6(8)5(2)3/h7-18,24-25,33-35H,6,19-23H2,1-5H3,(H,44,48)(H,45,49)(H,41,42,43);5-16,22,30-31H,4,17-21H2,1-3H3,(H,39,42)(H,36,37,38);1-12,25H,13-17H2;5-6H,4,8H2,1-3H3,(H,9,10)/t;30-;;6-/m.0.0/s1. The predicted octanol–water partition coefficient (Wildman–Crippen LogP) is 19.4. The summed E-state index contributed by atoms with van der Waals surface area (Å²) in [5.41, 5.74) is 22.4. The monoisotopic (exact) mass is 2000 g/mol. The lowest BCUT2D eigenvalue weighted by atomic mass is 9.96. The second-order valence-corrected chi connectivity index (χ2v) is 38.3. The van der Waals surface area contributed by atoms with Crippen LogP contribution in [0.5, 0.6) is 0 Å². The molecule has 33 heteroatoms. The van der Waals surface area contributed by atoms with E-state index in [0.717, 1.165) is 137 Å². The first-order chi connectivity index (χ1) is 66.0. The van der Waals surface area contributed by atoms with E-state index in [1.54, 1.807) is 13.8 Å². The molecule has 4 amide bonds. The molecule has 0 saturated carbocycles. The van der Waals surface area contributed by atoms with Gasteiger partial charge in [0, 0.05) is 125 Å². The van der Waals surface area contributed by atoms with Crippen molar-refractivity contribution in [2.45, 2.75) is 138 Å². The number of anilines is 2. The lowest BCUT2D eigenvalue weighted by molar-refractivity contribution is -0.139. The fraction of sp³-hybridized carbons (Fsp3) is 0.385. The maximum Gasteiger partial charge on any atom is 0.266 e. The number of hydroxylamine groups is 3. The molecule has 8 N–H and O–H groups in total. The summed E-state index contributed by atoms with van der Waals surface area (Å²) in [5.74, 6) is 2.12. The number of aromatic nitrogens is 6. The molecule has 3 aliphatic rings. The largest absolute Gasteiger partial charge is 0.358 e. The van der Waals surface area contributed by atoms with Crippen molar-refractivity contribution >= 4 is 149 Å². The highest BCUT2D eigenvalue weighted by Gasteiger charge is 2.35. The second-order valence-electron chi connectivity index (χ2n) is 35.3. The van der Waals surface area contributed by atoms with Gasteiger partial charge in [-0.25, -0.2) is 46.3 Å². The molecule has 0 bridgehead atoms. The number of carbonyl (C=O) groups excluding carboxylic acids is 4. The molecule has 0 aliphatic carbocycles. The SMILES string of the molecule is CCONC(=O)C(NC(=O)C(Nc1nc(CN2CCN(C(c3ccc(Cl)cc3)c3ccc(Cl)cc3)CC2)nc2ccccc12)C(C)C)C(C)C.CCONC(=O)[C@@H](N)C(C)C.CCONC(=O)[C@@H](Nc1nc(CN2CCN(C(c3ccc(Cl)cc3)c3ccc(Cl)cc3)CC2)nc2ccccc12)C(C)C.Clc1ccc(C(c2ccc(Cl)cc2)N2CCN(Cc3nc(Cl)c4ccccc4n3)CC2)cc1. The Balaban J connectivity index is 0.000000177. The lowest BCUT2D eigenvalue weighted by Gasteiger charge is -2.39. The van der Waals surface area contributed by atoms with Crippen molar-refractivity contribution in [3.05, 3.63) is 305 Å². The maximum absolute atomic E-state index is 13.7. The number of nitrogens with two attached hydrogens (primary N) is 1. The van der Waals surface area contributed by atoms with E-state index >= 15 is 0 Å². The van der Waals surface area contributed by atoms with Crippen molar-refractivity contribution < 1.29 is 33.7 Å². The third-order valence-electron chi connectivity index (χ3n) is 24.1. The Bertz CT molecular complexity index is 5730. The Kier molecular flexibility index (Phi) is 40.5. The zero-order chi connectivity index (χ0) is 97.8. The van der Waals surface area contributed by atoms with Gasteiger partial charge in [-0.3, -0.25) is 63.1 Å². The summed E-state index contributed by atoms with van der Waals surface area (Å²) in [7, 11) is 0. The summed E-state index contributed by atoms with van der Waals surface area (Å²) < 4.78 is 0. The molecule has 137 heavy (non-hydrogen) atoms. The molecule has 3 saturated heterocycles. The number of hydrogen-bond acceptors (Lipinski definition) is 22. The molecule has 2 unspecified atom stereocenters. The molecule has 3 aliphatic heterocycles. The van der Waals surface area contributed by atoms with Gasteiger partial charge in [-0.2, -0.15) is 0 Å². The van der Waals surface area contributed by atoms with Gasteiger partial charge in [-0.1, -0.05) is 246 Å². The molecule has 3 aromatic heterocycles. The Labute approximate surface area is 838 Å². The Morgan fingerprint density at radius 2 is 0.569 bits per heavy atom. The van der Waals surface area contributed by atoms with Gasteiger partial charge in [0.15, 0.2) is 0 Å². The Morgan fingerprint density at radius 1 is 0.314 bits per heavy atom. The van der Waals surface area contributed by atoms with Gasteiger partial charge in [-0.15, -0.1) is 0 Å². The summed E-state index contributed by atoms with van der Waals surface area (Å²) in [4.78, 5) is 109. The molecule has 0 radical (unpaired) electrons. The minimum atomic E-state index is -0.757. The van der Waals surface area contributed by atoms with Gasteiger partial charge < -0.3 is 21.7 Å². The zero-order valence-corrected chi connectivity index (χ0v) is 84.6. The summed E-state index contributed by atoms with van der Waals surface area (Å²) in [6.07, 6.45) is 0. The Hall–Kier alpha value is -9.89. The summed E-state index contributed by atoms with van der Waals surface area (Å²) >= 11 is 43.6. The predicted molar refractivity (Wildman–Crippen MR) is 552 cm³/mol. The van der Waals surface area contributed by atoms with E-state index in [-0.39, 0.29) is 65.4 Å². The van der Waals surface area contributed by atoms with Crippen LogP contribution in [-0.4, -0.2) is 205 Å². The number of amides is 4. The highest BCUT2D eigenvalue weighted by molar-refractivity contribution is 6.34. The van der Waals surface area contributed by atoms with Crippen LogP contribution >= 0.6 is 81.2 Å². The summed E-state index contributed by atoms with van der Waals surface area (Å²) in [5, 5.41) is 17.2. The van der Waals surface area contributed by atoms with Gasteiger partial charge >= 0.3 is 0 Å². The number of carbonyl (C=O) groups is 4. The molecular formula is C104H124Cl7N19O7. The van der Waals surface area contributed by atoms with Crippen molar-refractivity contribution in [3.63, 3.8) is 0 Å². The molecule has 726 valence electrons. The van der Waals surface area contributed by atoms with E-state index in [1.165, 1.54) is 33.4 Å². The molecule has 9 aromatic carbocycles. The number of para-hydroxylation sites is 3. The first kappa shape index (κ1) is 106. The first-order valence-corrected chi connectivity index (χ1v) is 49.3. The van der Waals surface area contributed by atoms with Crippen LogP contribution in [0.25, 0.3) is 32.7 Å². The fourth-order valence-corrected chi connectivity index (χ4v) is 17.7. The molecule has 15 rings (SSSR count). The van der Waals surface area contributed by atoms with E-state index in [0.29, 0.717) is 77.9 Å². The minimum Gasteiger partial charge on any atom is -0.358 e. The number of nitrogens with one attached hydrogen (secondary N) is 6. The molecular weight excluding hydrogens is 1880 g/mol. The summed E-state index contributed by atoms with van der Waals surface area (Å²) in [6, 6.07) is 70.0. The third-order valence-corrected chi connectivity index (χ3v) is 25.9. The van der Waals surface area contributed by atoms with Crippen LogP contribution in [0.15, 0.2) is 218 Å². The van der Waals surface area contributed by atoms with Crippen LogP contribution in [0.2, 0.25) is 35.3 Å². The number of piperazine rings is 3. The van der Waals surface area contributed by atoms with Crippen molar-refractivity contribution in [2.75, 3.05) is 109 Å². The van der Waals surface area contributed by atoms with Gasteiger partial charge in [0.2, 0.25) is 5.91 Å². The molecule has 12 aromatic rings. The number of benzene rings is 9. The van der Waals surface area contributed by atoms with Crippen molar-refractivity contribution in [2.24, 2.45) is 29.4 Å². The zero-order valence-electron chi connectivity index (χ0n) is 79.3. The van der Waals surface area contributed by atoms with Gasteiger partial charge in [0.05, 0.1) is 80.2 Å². The van der Waals surface area contributed by atoms with Crippen LogP contribution < -0.4 is 38.1 Å². The lowest BCUT2D eigenvalue weighted by Crippen LogP contribution is -2.54. The van der Waals surface area contributed by atoms with Crippen molar-refractivity contribution in [1.29, 1.82) is 0 Å². The number of hydrogen-bond donors (Lipinski definition) is 7. The molecule has 26 nitrogen and oxygen atoms in total. The van der Waals surface area contributed by atoms with Gasteiger partial charge in [0.1, 0.15) is 52.4 Å². The minimum absolute atomic E-state index is 0.0138. The molecule has 6 heterocycles.